The Balaban J connectivity index is 2.04. The highest BCUT2D eigenvalue weighted by atomic mass is 35.5. The van der Waals surface area contributed by atoms with Crippen LogP contribution in [0.4, 0.5) is 0 Å². The Morgan fingerprint density at radius 2 is 2.16 bits per heavy atom. The van der Waals surface area contributed by atoms with Gasteiger partial charge in [0.25, 0.3) is 0 Å². The van der Waals surface area contributed by atoms with Crippen molar-refractivity contribution in [1.29, 1.82) is 0 Å². The minimum atomic E-state index is 0.0121. The molecule has 1 N–H and O–H groups in total. The lowest BCUT2D eigenvalue weighted by molar-refractivity contribution is -0.123. The normalized spacial score (nSPS) is 21.3. The lowest BCUT2D eigenvalue weighted by Crippen LogP contribution is -2.38. The van der Waals surface area contributed by atoms with Crippen LogP contribution in [0.15, 0.2) is 24.3 Å². The van der Waals surface area contributed by atoms with Gasteiger partial charge in [-0.15, -0.1) is 11.6 Å². The van der Waals surface area contributed by atoms with E-state index in [9.17, 15) is 4.79 Å². The van der Waals surface area contributed by atoms with E-state index in [2.05, 4.69) is 23.5 Å². The topological polar surface area (TPSA) is 29.1 Å². The molecule has 1 aromatic rings. The van der Waals surface area contributed by atoms with E-state index in [0.29, 0.717) is 0 Å². The Kier molecular flexibility index (Phi) is 4.87. The van der Waals surface area contributed by atoms with E-state index in [-0.39, 0.29) is 23.2 Å². The summed E-state index contributed by atoms with van der Waals surface area (Å²) in [7, 11) is 0. The number of nitrogens with one attached hydrogen (secondary N) is 1. The SMILES string of the molecule is CC(Cl)CC(C)NC(=O)C1CCCc2ccccc21. The van der Waals surface area contributed by atoms with Gasteiger partial charge in [0.1, 0.15) is 0 Å². The molecular formula is C16H22ClNO. The molecule has 0 bridgehead atoms. The number of aryl methyl sites for hydroxylation is 1. The van der Waals surface area contributed by atoms with Crippen LogP contribution in [0, 0.1) is 0 Å². The Morgan fingerprint density at radius 3 is 2.89 bits per heavy atom. The van der Waals surface area contributed by atoms with Crippen molar-refractivity contribution in [3.8, 4) is 0 Å². The van der Waals surface area contributed by atoms with Gasteiger partial charge in [0.15, 0.2) is 0 Å². The number of amides is 1. The van der Waals surface area contributed by atoms with Crippen molar-refractivity contribution in [1.82, 2.24) is 5.32 Å². The van der Waals surface area contributed by atoms with E-state index < -0.39 is 0 Å². The van der Waals surface area contributed by atoms with Crippen molar-refractivity contribution in [2.75, 3.05) is 0 Å². The van der Waals surface area contributed by atoms with Gasteiger partial charge in [-0.05, 0) is 50.7 Å². The summed E-state index contributed by atoms with van der Waals surface area (Å²) < 4.78 is 0. The third-order valence-corrected chi connectivity index (χ3v) is 3.93. The van der Waals surface area contributed by atoms with E-state index in [4.69, 9.17) is 11.6 Å². The van der Waals surface area contributed by atoms with Crippen LogP contribution in [0.2, 0.25) is 0 Å². The fraction of sp³-hybridized carbons (Fsp3) is 0.562. The van der Waals surface area contributed by atoms with Crippen molar-refractivity contribution in [3.05, 3.63) is 35.4 Å². The number of hydrogen-bond acceptors (Lipinski definition) is 1. The number of fused-ring (bicyclic) bond motifs is 1. The molecule has 1 aliphatic carbocycles. The first-order valence-electron chi connectivity index (χ1n) is 7.10. The van der Waals surface area contributed by atoms with Gasteiger partial charge in [0.2, 0.25) is 5.91 Å². The molecule has 1 aromatic carbocycles. The van der Waals surface area contributed by atoms with Crippen LogP contribution in [0.25, 0.3) is 0 Å². The van der Waals surface area contributed by atoms with Crippen LogP contribution in [0.5, 0.6) is 0 Å². The van der Waals surface area contributed by atoms with E-state index in [1.165, 1.54) is 11.1 Å². The first kappa shape index (κ1) is 14.4. The molecule has 0 aromatic heterocycles. The van der Waals surface area contributed by atoms with Crippen LogP contribution in [0.1, 0.15) is 50.2 Å². The maximum atomic E-state index is 12.4. The smallest absolute Gasteiger partial charge is 0.227 e. The minimum absolute atomic E-state index is 0.0121. The molecule has 0 fully saturated rings. The maximum absolute atomic E-state index is 12.4. The Labute approximate surface area is 120 Å². The maximum Gasteiger partial charge on any atom is 0.227 e. The number of carbonyl (C=O) groups is 1. The number of halogens is 1. The lowest BCUT2D eigenvalue weighted by Gasteiger charge is -2.26. The molecule has 3 atom stereocenters. The predicted molar refractivity (Wildman–Crippen MR) is 79.7 cm³/mol. The molecule has 0 saturated heterocycles. The highest BCUT2D eigenvalue weighted by Gasteiger charge is 2.26. The largest absolute Gasteiger partial charge is 0.353 e. The molecule has 0 heterocycles. The van der Waals surface area contributed by atoms with Crippen molar-refractivity contribution in [3.63, 3.8) is 0 Å². The third-order valence-electron chi connectivity index (χ3n) is 3.75. The zero-order valence-corrected chi connectivity index (χ0v) is 12.4. The summed E-state index contributed by atoms with van der Waals surface area (Å²) in [4.78, 5) is 12.4. The second-order valence-corrected chi connectivity index (χ2v) is 6.31. The number of alkyl halides is 1. The summed E-state index contributed by atoms with van der Waals surface area (Å²) >= 11 is 5.97. The molecule has 2 nitrogen and oxygen atoms in total. The van der Waals surface area contributed by atoms with Gasteiger partial charge in [-0.2, -0.15) is 0 Å². The zero-order chi connectivity index (χ0) is 13.8. The van der Waals surface area contributed by atoms with E-state index in [1.807, 2.05) is 19.9 Å². The summed E-state index contributed by atoms with van der Waals surface area (Å²) in [6, 6.07) is 8.44. The van der Waals surface area contributed by atoms with Gasteiger partial charge in [-0.25, -0.2) is 0 Å². The van der Waals surface area contributed by atoms with Crippen molar-refractivity contribution >= 4 is 17.5 Å². The van der Waals surface area contributed by atoms with Crippen molar-refractivity contribution in [2.45, 2.75) is 56.9 Å². The van der Waals surface area contributed by atoms with Gasteiger partial charge in [0.05, 0.1) is 5.92 Å². The molecule has 3 heteroatoms. The average molecular weight is 280 g/mol. The van der Waals surface area contributed by atoms with Crippen molar-refractivity contribution < 1.29 is 4.79 Å². The Bertz CT molecular complexity index is 444. The molecule has 104 valence electrons. The second-order valence-electron chi connectivity index (χ2n) is 5.57. The van der Waals surface area contributed by atoms with Gasteiger partial charge in [0, 0.05) is 11.4 Å². The third kappa shape index (κ3) is 3.73. The number of hydrogen-bond donors (Lipinski definition) is 1. The Morgan fingerprint density at radius 1 is 1.42 bits per heavy atom. The lowest BCUT2D eigenvalue weighted by atomic mass is 9.82. The van der Waals surface area contributed by atoms with Crippen LogP contribution in [0.3, 0.4) is 0 Å². The van der Waals surface area contributed by atoms with Gasteiger partial charge in [-0.3, -0.25) is 4.79 Å². The quantitative estimate of drug-likeness (QED) is 0.838. The van der Waals surface area contributed by atoms with E-state index in [1.54, 1.807) is 0 Å². The highest BCUT2D eigenvalue weighted by Crippen LogP contribution is 2.31. The molecule has 0 saturated carbocycles. The fourth-order valence-corrected chi connectivity index (χ4v) is 3.18. The molecule has 0 radical (unpaired) electrons. The van der Waals surface area contributed by atoms with Crippen LogP contribution in [-0.2, 0) is 11.2 Å². The molecule has 1 aliphatic rings. The van der Waals surface area contributed by atoms with Gasteiger partial charge >= 0.3 is 0 Å². The second kappa shape index (κ2) is 6.42. The molecule has 0 aliphatic heterocycles. The predicted octanol–water partition coefficient (Wildman–Crippen LogP) is 3.63. The van der Waals surface area contributed by atoms with Gasteiger partial charge in [-0.1, -0.05) is 24.3 Å². The standard InChI is InChI=1S/C16H22ClNO/c1-11(17)10-12(2)18-16(19)15-9-5-7-13-6-3-4-8-14(13)15/h3-4,6,8,11-12,15H,5,7,9-10H2,1-2H3,(H,18,19). The van der Waals surface area contributed by atoms with Crippen LogP contribution >= 0.6 is 11.6 Å². The number of benzene rings is 1. The Hall–Kier alpha value is -1.02. The molecule has 1 amide bonds. The van der Waals surface area contributed by atoms with Crippen molar-refractivity contribution in [2.24, 2.45) is 0 Å². The number of rotatable bonds is 4. The summed E-state index contributed by atoms with van der Waals surface area (Å²) in [5.74, 6) is 0.162. The molecule has 2 rings (SSSR count). The number of carbonyl (C=O) groups excluding carboxylic acids is 1. The minimum Gasteiger partial charge on any atom is -0.353 e. The monoisotopic (exact) mass is 279 g/mol. The zero-order valence-electron chi connectivity index (χ0n) is 11.7. The van der Waals surface area contributed by atoms with Crippen LogP contribution < -0.4 is 5.32 Å². The van der Waals surface area contributed by atoms with E-state index in [0.717, 1.165) is 25.7 Å². The molecule has 3 unspecified atom stereocenters. The summed E-state index contributed by atoms with van der Waals surface area (Å²) in [5, 5.41) is 3.19. The first-order chi connectivity index (χ1) is 9.08. The highest BCUT2D eigenvalue weighted by molar-refractivity contribution is 6.20. The average Bonchev–Trinajstić information content (AvgIpc) is 2.36. The molecule has 19 heavy (non-hydrogen) atoms. The fourth-order valence-electron chi connectivity index (χ4n) is 2.92. The van der Waals surface area contributed by atoms with E-state index >= 15 is 0 Å². The van der Waals surface area contributed by atoms with Crippen LogP contribution in [-0.4, -0.2) is 17.3 Å². The summed E-state index contributed by atoms with van der Waals surface area (Å²) in [5.41, 5.74) is 2.53. The molecule has 0 spiro atoms. The molecular weight excluding hydrogens is 258 g/mol. The van der Waals surface area contributed by atoms with Gasteiger partial charge < -0.3 is 5.32 Å². The summed E-state index contributed by atoms with van der Waals surface area (Å²) in [6.07, 6.45) is 3.94. The first-order valence-corrected chi connectivity index (χ1v) is 7.54. The summed E-state index contributed by atoms with van der Waals surface area (Å²) in [6.45, 7) is 3.98.